The van der Waals surface area contributed by atoms with Crippen LogP contribution in [-0.4, -0.2) is 26.8 Å². The predicted molar refractivity (Wildman–Crippen MR) is 73.5 cm³/mol. The summed E-state index contributed by atoms with van der Waals surface area (Å²) in [5, 5.41) is 0. The average Bonchev–Trinajstić information content (AvgIpc) is 2.29. The summed E-state index contributed by atoms with van der Waals surface area (Å²) in [4.78, 5) is 2.16. The van der Waals surface area contributed by atoms with Crippen LogP contribution < -0.4 is 4.90 Å². The Bertz CT molecular complexity index is 333. The molecule has 0 bridgehead atoms. The van der Waals surface area contributed by atoms with Crippen LogP contribution in [-0.2, 0) is 10.6 Å². The Hall–Kier alpha value is -0.250. The van der Waals surface area contributed by atoms with E-state index in [1.807, 2.05) is 19.1 Å². The minimum atomic E-state index is 0.529. The fourth-order valence-corrected chi connectivity index (χ4v) is 2.05. The van der Waals surface area contributed by atoms with Crippen molar-refractivity contribution in [2.24, 2.45) is 0 Å². The van der Waals surface area contributed by atoms with Crippen LogP contribution in [0.3, 0.4) is 0 Å². The molecule has 0 atom stereocenters. The zero-order chi connectivity index (χ0) is 12.0. The van der Waals surface area contributed by atoms with Gasteiger partial charge in [-0.1, -0.05) is 22.0 Å². The quantitative estimate of drug-likeness (QED) is 0.587. The highest BCUT2D eigenvalue weighted by molar-refractivity contribution is 9.10. The number of alkyl halides is 1. The van der Waals surface area contributed by atoms with E-state index in [-0.39, 0.29) is 0 Å². The smallest absolute Gasteiger partial charge is 0.0641 e. The summed E-state index contributed by atoms with van der Waals surface area (Å²) in [5.41, 5.74) is 2.30. The maximum absolute atomic E-state index is 5.92. The van der Waals surface area contributed by atoms with Gasteiger partial charge in [-0.25, -0.2) is 0 Å². The highest BCUT2D eigenvalue weighted by Gasteiger charge is 2.07. The molecule has 4 heteroatoms. The predicted octanol–water partition coefficient (Wildman–Crippen LogP) is 3.66. The molecule has 1 aromatic carbocycles. The number of benzene rings is 1. The van der Waals surface area contributed by atoms with Crippen LogP contribution in [0.15, 0.2) is 22.7 Å². The van der Waals surface area contributed by atoms with E-state index >= 15 is 0 Å². The van der Waals surface area contributed by atoms with Gasteiger partial charge in [0.2, 0.25) is 0 Å². The number of nitrogens with zero attached hydrogens (tertiary/aromatic N) is 1. The summed E-state index contributed by atoms with van der Waals surface area (Å²) in [6.07, 6.45) is 0. The summed E-state index contributed by atoms with van der Waals surface area (Å²) in [7, 11) is 2.05. The minimum absolute atomic E-state index is 0.529. The van der Waals surface area contributed by atoms with Crippen molar-refractivity contribution in [2.75, 3.05) is 31.7 Å². The van der Waals surface area contributed by atoms with Gasteiger partial charge in [0.15, 0.2) is 0 Å². The molecule has 0 aromatic heterocycles. The Balaban J connectivity index is 2.72. The van der Waals surface area contributed by atoms with Gasteiger partial charge >= 0.3 is 0 Å². The number of halogens is 2. The van der Waals surface area contributed by atoms with Gasteiger partial charge in [0, 0.05) is 36.2 Å². The highest BCUT2D eigenvalue weighted by Crippen LogP contribution is 2.25. The normalized spacial score (nSPS) is 10.5. The first-order valence-corrected chi connectivity index (χ1v) is 6.65. The zero-order valence-corrected chi connectivity index (χ0v) is 12.0. The summed E-state index contributed by atoms with van der Waals surface area (Å²) in [6.45, 7) is 4.37. The molecule has 0 saturated heterocycles. The van der Waals surface area contributed by atoms with Gasteiger partial charge in [-0.15, -0.1) is 11.6 Å². The number of likely N-dealkylation sites (N-methyl/N-ethyl adjacent to an activating group) is 1. The van der Waals surface area contributed by atoms with E-state index in [2.05, 4.69) is 33.9 Å². The summed E-state index contributed by atoms with van der Waals surface area (Å²) in [5.74, 6) is 0.529. The third-order valence-electron chi connectivity index (χ3n) is 2.38. The first-order chi connectivity index (χ1) is 7.69. The lowest BCUT2D eigenvalue weighted by Gasteiger charge is -2.22. The van der Waals surface area contributed by atoms with Crippen molar-refractivity contribution in [1.82, 2.24) is 0 Å². The molecule has 1 rings (SSSR count). The summed E-state index contributed by atoms with van der Waals surface area (Å²) < 4.78 is 6.41. The maximum atomic E-state index is 5.92. The molecule has 0 fully saturated rings. The van der Waals surface area contributed by atoms with Gasteiger partial charge in [-0.05, 0) is 24.6 Å². The average molecular weight is 307 g/mol. The molecule has 1 aromatic rings. The number of hydrogen-bond acceptors (Lipinski definition) is 2. The molecule has 90 valence electrons. The minimum Gasteiger partial charge on any atom is -0.380 e. The molecule has 0 unspecified atom stereocenters. The Morgan fingerprint density at radius 3 is 2.81 bits per heavy atom. The van der Waals surface area contributed by atoms with Crippen molar-refractivity contribution >= 4 is 33.2 Å². The molecule has 0 heterocycles. The third kappa shape index (κ3) is 3.96. The lowest BCUT2D eigenvalue weighted by Crippen LogP contribution is -2.23. The third-order valence-corrected chi connectivity index (χ3v) is 3.16. The Morgan fingerprint density at radius 2 is 2.19 bits per heavy atom. The molecule has 0 aliphatic rings. The van der Waals surface area contributed by atoms with Crippen LogP contribution in [0.2, 0.25) is 0 Å². The van der Waals surface area contributed by atoms with Crippen LogP contribution in [0.5, 0.6) is 0 Å². The molecule has 0 amide bonds. The highest BCUT2D eigenvalue weighted by atomic mass is 79.9. The van der Waals surface area contributed by atoms with Gasteiger partial charge in [0.1, 0.15) is 0 Å². The molecule has 16 heavy (non-hydrogen) atoms. The molecule has 0 N–H and O–H groups in total. The first-order valence-electron chi connectivity index (χ1n) is 5.32. The second kappa shape index (κ2) is 7.15. The molecular weight excluding hydrogens is 289 g/mol. The van der Waals surface area contributed by atoms with Crippen LogP contribution >= 0.6 is 27.5 Å². The number of rotatable bonds is 6. The molecule has 0 spiro atoms. The maximum Gasteiger partial charge on any atom is 0.0641 e. The number of hydrogen-bond donors (Lipinski definition) is 0. The van der Waals surface area contributed by atoms with Gasteiger partial charge in [-0.3, -0.25) is 0 Å². The van der Waals surface area contributed by atoms with Crippen LogP contribution in [0.25, 0.3) is 0 Å². The molecule has 0 aliphatic heterocycles. The van der Waals surface area contributed by atoms with Crippen molar-refractivity contribution in [3.05, 3.63) is 28.2 Å². The van der Waals surface area contributed by atoms with E-state index in [1.54, 1.807) is 0 Å². The van der Waals surface area contributed by atoms with Gasteiger partial charge in [0.05, 0.1) is 6.61 Å². The second-order valence-electron chi connectivity index (χ2n) is 3.53. The zero-order valence-electron chi connectivity index (χ0n) is 9.67. The Kier molecular flexibility index (Phi) is 6.17. The van der Waals surface area contributed by atoms with Gasteiger partial charge in [-0.2, -0.15) is 0 Å². The van der Waals surface area contributed by atoms with E-state index in [1.165, 1.54) is 0 Å². The number of anilines is 1. The summed E-state index contributed by atoms with van der Waals surface area (Å²) in [6, 6.07) is 6.14. The first kappa shape index (κ1) is 13.8. The number of ether oxygens (including phenoxy) is 1. The van der Waals surface area contributed by atoms with Crippen LogP contribution in [0.1, 0.15) is 12.5 Å². The van der Waals surface area contributed by atoms with Crippen molar-refractivity contribution in [2.45, 2.75) is 12.8 Å². The van der Waals surface area contributed by atoms with Crippen molar-refractivity contribution in [3.8, 4) is 0 Å². The standard InChI is InChI=1S/C12H17BrClNO/c1-3-16-7-6-15(2)12-8-11(13)5-4-10(12)9-14/h4-5,8H,3,6-7,9H2,1-2H3. The van der Waals surface area contributed by atoms with Gasteiger partial charge in [0.25, 0.3) is 0 Å². The van der Waals surface area contributed by atoms with E-state index in [0.717, 1.165) is 35.5 Å². The molecule has 0 radical (unpaired) electrons. The lowest BCUT2D eigenvalue weighted by atomic mass is 10.2. The molecular formula is C12H17BrClNO. The molecule has 0 saturated carbocycles. The lowest BCUT2D eigenvalue weighted by molar-refractivity contribution is 0.154. The monoisotopic (exact) mass is 305 g/mol. The van der Waals surface area contributed by atoms with E-state index < -0.39 is 0 Å². The van der Waals surface area contributed by atoms with Crippen LogP contribution in [0.4, 0.5) is 5.69 Å². The van der Waals surface area contributed by atoms with E-state index in [4.69, 9.17) is 16.3 Å². The fraction of sp³-hybridized carbons (Fsp3) is 0.500. The van der Waals surface area contributed by atoms with Crippen molar-refractivity contribution in [1.29, 1.82) is 0 Å². The van der Waals surface area contributed by atoms with Crippen molar-refractivity contribution in [3.63, 3.8) is 0 Å². The topological polar surface area (TPSA) is 12.5 Å². The van der Waals surface area contributed by atoms with Crippen molar-refractivity contribution < 1.29 is 4.74 Å². The van der Waals surface area contributed by atoms with E-state index in [9.17, 15) is 0 Å². The summed E-state index contributed by atoms with van der Waals surface area (Å²) >= 11 is 9.39. The Morgan fingerprint density at radius 1 is 1.44 bits per heavy atom. The molecule has 2 nitrogen and oxygen atoms in total. The Labute approximate surface area is 111 Å². The fourth-order valence-electron chi connectivity index (χ4n) is 1.47. The van der Waals surface area contributed by atoms with Crippen LogP contribution in [0, 0.1) is 0 Å². The SMILES string of the molecule is CCOCCN(C)c1cc(Br)ccc1CCl. The van der Waals surface area contributed by atoms with Gasteiger partial charge < -0.3 is 9.64 Å². The second-order valence-corrected chi connectivity index (χ2v) is 4.71. The van der Waals surface area contributed by atoms with E-state index in [0.29, 0.717) is 5.88 Å². The largest absolute Gasteiger partial charge is 0.380 e. The molecule has 0 aliphatic carbocycles.